The highest BCUT2D eigenvalue weighted by atomic mass is 35.5. The number of hydrogen-bond donors (Lipinski definition) is 2. The Morgan fingerprint density at radius 2 is 1.17 bits per heavy atom. The molecule has 0 spiro atoms. The number of rotatable bonds is 23. The second-order valence-corrected chi connectivity index (χ2v) is 12.7. The van der Waals surface area contributed by atoms with Crippen LogP contribution in [0.2, 0.25) is 5.02 Å². The Balaban J connectivity index is 1.70. The third-order valence-electron chi connectivity index (χ3n) is 7.57. The molecule has 2 aromatic rings. The fraction of sp³-hybridized carbons (Fsp3) is 0.349. The highest BCUT2D eigenvalue weighted by molar-refractivity contribution is 6.30. The van der Waals surface area contributed by atoms with Crippen molar-refractivity contribution in [1.82, 2.24) is 10.6 Å². The van der Waals surface area contributed by atoms with Crippen molar-refractivity contribution in [2.45, 2.75) is 83.8 Å². The summed E-state index contributed by atoms with van der Waals surface area (Å²) in [6.07, 6.45) is 31.9. The molecule has 0 radical (unpaired) electrons. The van der Waals surface area contributed by atoms with E-state index in [1.54, 1.807) is 62.4 Å². The molecule has 1 unspecified atom stereocenters. The van der Waals surface area contributed by atoms with Crippen LogP contribution in [0.1, 0.15) is 88.1 Å². The first-order valence-corrected chi connectivity index (χ1v) is 18.1. The van der Waals surface area contributed by atoms with Crippen LogP contribution in [0, 0.1) is 0 Å². The first kappa shape index (κ1) is 43.2. The Labute approximate surface area is 314 Å². The minimum Gasteiger partial charge on any atom is -0.478 e. The molecule has 0 saturated carbocycles. The SMILES string of the molecule is CCC=CCC=CCC=CCC=CCC=CCC=CCCC(=O)NCC(NC(=O)C(C)(C)Oc1ccc(C(=O)c2ccc(Cl)cc2)cc1)C(=O)OC. The quantitative estimate of drug-likeness (QED) is 0.0672. The third-order valence-corrected chi connectivity index (χ3v) is 7.82. The van der Waals surface area contributed by atoms with Gasteiger partial charge in [0.15, 0.2) is 11.4 Å². The molecule has 52 heavy (non-hydrogen) atoms. The molecule has 0 aromatic heterocycles. The summed E-state index contributed by atoms with van der Waals surface area (Å²) in [7, 11) is 1.21. The van der Waals surface area contributed by atoms with E-state index < -0.39 is 23.5 Å². The number of esters is 1. The molecular formula is C43H53ClN2O6. The van der Waals surface area contributed by atoms with Gasteiger partial charge in [-0.25, -0.2) is 4.79 Å². The predicted molar refractivity (Wildman–Crippen MR) is 210 cm³/mol. The summed E-state index contributed by atoms with van der Waals surface area (Å²) in [6.45, 7) is 5.09. The van der Waals surface area contributed by atoms with Crippen LogP contribution < -0.4 is 15.4 Å². The predicted octanol–water partition coefficient (Wildman–Crippen LogP) is 8.98. The number of methoxy groups -OCH3 is 1. The van der Waals surface area contributed by atoms with Gasteiger partial charge in [0.05, 0.1) is 7.11 Å². The smallest absolute Gasteiger partial charge is 0.330 e. The molecule has 0 aliphatic rings. The van der Waals surface area contributed by atoms with Crippen molar-refractivity contribution in [3.8, 4) is 5.75 Å². The van der Waals surface area contributed by atoms with E-state index in [1.807, 2.05) is 12.2 Å². The van der Waals surface area contributed by atoms with Gasteiger partial charge in [0, 0.05) is 29.1 Å². The molecule has 2 aromatic carbocycles. The van der Waals surface area contributed by atoms with Crippen molar-refractivity contribution in [2.75, 3.05) is 13.7 Å². The summed E-state index contributed by atoms with van der Waals surface area (Å²) in [5.41, 5.74) is -0.458. The molecule has 2 amide bonds. The molecule has 0 saturated heterocycles. The van der Waals surface area contributed by atoms with Crippen molar-refractivity contribution >= 4 is 35.2 Å². The van der Waals surface area contributed by atoms with Crippen LogP contribution in [0.5, 0.6) is 5.75 Å². The second-order valence-electron chi connectivity index (χ2n) is 12.3. The Kier molecular flexibility index (Phi) is 20.8. The number of ether oxygens (including phenoxy) is 2. The normalized spacial score (nSPS) is 12.8. The molecule has 0 heterocycles. The number of hydrogen-bond acceptors (Lipinski definition) is 6. The van der Waals surface area contributed by atoms with Gasteiger partial charge in [-0.1, -0.05) is 91.4 Å². The number of ketones is 1. The fourth-order valence-electron chi connectivity index (χ4n) is 4.61. The van der Waals surface area contributed by atoms with Crippen molar-refractivity contribution < 1.29 is 28.7 Å². The zero-order valence-electron chi connectivity index (χ0n) is 30.8. The van der Waals surface area contributed by atoms with Gasteiger partial charge < -0.3 is 20.1 Å². The highest BCUT2D eigenvalue weighted by Crippen LogP contribution is 2.21. The molecule has 8 nitrogen and oxygen atoms in total. The van der Waals surface area contributed by atoms with Crippen LogP contribution in [0.25, 0.3) is 0 Å². The van der Waals surface area contributed by atoms with E-state index in [1.165, 1.54) is 7.11 Å². The Morgan fingerprint density at radius 3 is 1.65 bits per heavy atom. The van der Waals surface area contributed by atoms with Crippen LogP contribution in [0.4, 0.5) is 0 Å². The number of halogens is 1. The first-order chi connectivity index (χ1) is 25.1. The zero-order chi connectivity index (χ0) is 38.0. The maximum Gasteiger partial charge on any atom is 0.330 e. The van der Waals surface area contributed by atoms with Gasteiger partial charge in [-0.2, -0.15) is 0 Å². The van der Waals surface area contributed by atoms with Crippen LogP contribution in [-0.4, -0.2) is 48.9 Å². The Morgan fingerprint density at radius 1 is 0.712 bits per heavy atom. The molecule has 0 aliphatic carbocycles. The summed E-state index contributed by atoms with van der Waals surface area (Å²) < 4.78 is 10.8. The molecule has 278 valence electrons. The molecule has 0 aliphatic heterocycles. The van der Waals surface area contributed by atoms with Gasteiger partial charge in [-0.05, 0) is 107 Å². The average molecular weight is 729 g/mol. The standard InChI is InChI=1S/C43H53ClN2O6/c1-5-6-7-8-9-10-11-12-13-14-15-16-17-18-19-20-21-22-23-24-39(47)45-33-38(41(49)51-4)46-42(50)43(2,3)52-37-31-27-35(28-32-37)40(48)34-25-29-36(44)30-26-34/h6-7,9-10,12-13,15-16,18-19,21-22,25-32,38H,5,8,11,14,17,20,23-24,33H2,1-4H3,(H,45,47)(H,46,50). The number of nitrogens with one attached hydrogen (secondary N) is 2. The lowest BCUT2D eigenvalue weighted by Gasteiger charge is -2.27. The number of allylic oxidation sites excluding steroid dienone is 12. The lowest BCUT2D eigenvalue weighted by molar-refractivity contribution is -0.147. The van der Waals surface area contributed by atoms with Gasteiger partial charge in [0.1, 0.15) is 11.8 Å². The number of benzene rings is 2. The van der Waals surface area contributed by atoms with E-state index in [9.17, 15) is 19.2 Å². The van der Waals surface area contributed by atoms with Gasteiger partial charge in [-0.15, -0.1) is 0 Å². The molecule has 9 heteroatoms. The Hall–Kier alpha value is -4.95. The summed E-state index contributed by atoms with van der Waals surface area (Å²) in [5, 5.41) is 5.85. The minimum absolute atomic E-state index is 0.140. The number of carbonyl (C=O) groups excluding carboxylic acids is 4. The van der Waals surface area contributed by atoms with Gasteiger partial charge in [0.25, 0.3) is 5.91 Å². The molecule has 2 N–H and O–H groups in total. The molecule has 0 fully saturated rings. The van der Waals surface area contributed by atoms with Crippen LogP contribution in [0.3, 0.4) is 0 Å². The van der Waals surface area contributed by atoms with E-state index in [0.29, 0.717) is 28.3 Å². The lowest BCUT2D eigenvalue weighted by Crippen LogP contribution is -2.55. The number of amides is 2. The topological polar surface area (TPSA) is 111 Å². The summed E-state index contributed by atoms with van der Waals surface area (Å²) >= 11 is 5.91. The Bertz CT molecular complexity index is 1580. The van der Waals surface area contributed by atoms with E-state index in [4.69, 9.17) is 21.1 Å². The average Bonchev–Trinajstić information content (AvgIpc) is 3.14. The van der Waals surface area contributed by atoms with Crippen molar-refractivity contribution in [3.63, 3.8) is 0 Å². The van der Waals surface area contributed by atoms with Gasteiger partial charge in [0.2, 0.25) is 5.91 Å². The van der Waals surface area contributed by atoms with Gasteiger partial charge in [-0.3, -0.25) is 14.4 Å². The van der Waals surface area contributed by atoms with Crippen LogP contribution >= 0.6 is 11.6 Å². The molecule has 1 atom stereocenters. The molecular weight excluding hydrogens is 676 g/mol. The van der Waals surface area contributed by atoms with E-state index in [0.717, 1.165) is 38.5 Å². The van der Waals surface area contributed by atoms with E-state index in [-0.39, 0.29) is 24.7 Å². The van der Waals surface area contributed by atoms with Crippen molar-refractivity contribution in [3.05, 3.63) is 138 Å². The first-order valence-electron chi connectivity index (χ1n) is 17.7. The van der Waals surface area contributed by atoms with E-state index in [2.05, 4.69) is 78.3 Å². The van der Waals surface area contributed by atoms with Crippen LogP contribution in [-0.2, 0) is 19.1 Å². The summed E-state index contributed by atoms with van der Waals surface area (Å²) in [5.74, 6) is -1.37. The maximum atomic E-state index is 13.1. The number of carbonyl (C=O) groups is 4. The maximum absolute atomic E-state index is 13.1. The summed E-state index contributed by atoms with van der Waals surface area (Å²) in [6, 6.07) is 11.9. The van der Waals surface area contributed by atoms with Gasteiger partial charge >= 0.3 is 5.97 Å². The highest BCUT2D eigenvalue weighted by Gasteiger charge is 2.34. The molecule has 0 bridgehead atoms. The fourth-order valence-corrected chi connectivity index (χ4v) is 4.74. The van der Waals surface area contributed by atoms with Crippen molar-refractivity contribution in [1.29, 1.82) is 0 Å². The monoisotopic (exact) mass is 728 g/mol. The van der Waals surface area contributed by atoms with Crippen LogP contribution in [0.15, 0.2) is 121 Å². The summed E-state index contributed by atoms with van der Waals surface area (Å²) in [4.78, 5) is 50.8. The van der Waals surface area contributed by atoms with E-state index >= 15 is 0 Å². The largest absolute Gasteiger partial charge is 0.478 e. The minimum atomic E-state index is -1.39. The second kappa shape index (κ2) is 25.1. The lowest BCUT2D eigenvalue weighted by atomic mass is 10.0. The zero-order valence-corrected chi connectivity index (χ0v) is 31.6. The van der Waals surface area contributed by atoms with Crippen molar-refractivity contribution in [2.24, 2.45) is 0 Å². The molecule has 2 rings (SSSR count). The third kappa shape index (κ3) is 17.8.